The molecular formula is C18H21NO2. The van der Waals surface area contributed by atoms with Crippen molar-refractivity contribution in [3.05, 3.63) is 53.5 Å². The number of benzene rings is 1. The first-order valence-corrected chi connectivity index (χ1v) is 7.85. The fraction of sp³-hybridized carbons (Fsp3) is 0.444. The minimum atomic E-state index is 0.350. The fourth-order valence-corrected chi connectivity index (χ4v) is 3.19. The summed E-state index contributed by atoms with van der Waals surface area (Å²) in [5, 5.41) is 3.60. The normalized spacial score (nSPS) is 27.0. The molecule has 1 N–H and O–H groups in total. The van der Waals surface area contributed by atoms with Gasteiger partial charge < -0.3 is 14.5 Å². The first-order valence-electron chi connectivity index (χ1n) is 7.85. The number of hydrogen-bond donors (Lipinski definition) is 1. The summed E-state index contributed by atoms with van der Waals surface area (Å²) < 4.78 is 11.7. The van der Waals surface area contributed by atoms with Crippen molar-refractivity contribution in [2.45, 2.75) is 38.3 Å². The maximum Gasteiger partial charge on any atom is 0.124 e. The minimum absolute atomic E-state index is 0.350. The summed E-state index contributed by atoms with van der Waals surface area (Å²) in [6.07, 6.45) is 2.28. The van der Waals surface area contributed by atoms with Crippen LogP contribution in [0.4, 0.5) is 0 Å². The van der Waals surface area contributed by atoms with Gasteiger partial charge in [-0.1, -0.05) is 25.1 Å². The van der Waals surface area contributed by atoms with Gasteiger partial charge in [0.05, 0.1) is 13.2 Å². The van der Waals surface area contributed by atoms with E-state index in [2.05, 4.69) is 36.5 Å². The molecule has 0 amide bonds. The molecule has 2 heterocycles. The van der Waals surface area contributed by atoms with Crippen molar-refractivity contribution in [1.82, 2.24) is 5.32 Å². The van der Waals surface area contributed by atoms with E-state index in [-0.39, 0.29) is 0 Å². The third kappa shape index (κ3) is 2.58. The van der Waals surface area contributed by atoms with Crippen LogP contribution in [-0.2, 0) is 6.54 Å². The van der Waals surface area contributed by atoms with Crippen LogP contribution in [0.5, 0.6) is 5.75 Å². The van der Waals surface area contributed by atoms with Crippen molar-refractivity contribution in [2.75, 3.05) is 6.61 Å². The molecule has 3 heteroatoms. The van der Waals surface area contributed by atoms with Gasteiger partial charge in [0.2, 0.25) is 0 Å². The SMILES string of the molecule is C[C@@H]1C[C@H]1c1ccc(CN[C@H]2CCOc3ccccc32)o1. The van der Waals surface area contributed by atoms with E-state index in [0.29, 0.717) is 12.0 Å². The Hall–Kier alpha value is -1.74. The molecule has 0 saturated heterocycles. The topological polar surface area (TPSA) is 34.4 Å². The van der Waals surface area contributed by atoms with Crippen molar-refractivity contribution in [1.29, 1.82) is 0 Å². The van der Waals surface area contributed by atoms with E-state index >= 15 is 0 Å². The lowest BCUT2D eigenvalue weighted by Gasteiger charge is -2.26. The first-order chi connectivity index (χ1) is 10.3. The number of furan rings is 1. The molecule has 0 radical (unpaired) electrons. The molecule has 0 bridgehead atoms. The molecule has 110 valence electrons. The molecule has 3 atom stereocenters. The largest absolute Gasteiger partial charge is 0.493 e. The van der Waals surface area contributed by atoms with Crippen LogP contribution in [0.25, 0.3) is 0 Å². The first kappa shape index (κ1) is 13.0. The van der Waals surface area contributed by atoms with Crippen LogP contribution < -0.4 is 10.1 Å². The number of nitrogens with one attached hydrogen (secondary N) is 1. The van der Waals surface area contributed by atoms with Crippen molar-refractivity contribution >= 4 is 0 Å². The summed E-state index contributed by atoms with van der Waals surface area (Å²) in [4.78, 5) is 0. The van der Waals surface area contributed by atoms with Gasteiger partial charge in [0.25, 0.3) is 0 Å². The number of rotatable bonds is 4. The zero-order valence-corrected chi connectivity index (χ0v) is 12.3. The lowest BCUT2D eigenvalue weighted by atomic mass is 10.0. The molecule has 4 rings (SSSR count). The van der Waals surface area contributed by atoms with Crippen molar-refractivity contribution in [3.63, 3.8) is 0 Å². The van der Waals surface area contributed by atoms with Gasteiger partial charge in [-0.05, 0) is 30.5 Å². The van der Waals surface area contributed by atoms with E-state index in [9.17, 15) is 0 Å². The monoisotopic (exact) mass is 283 g/mol. The summed E-state index contributed by atoms with van der Waals surface area (Å²) in [7, 11) is 0. The van der Waals surface area contributed by atoms with Gasteiger partial charge in [0.1, 0.15) is 17.3 Å². The molecule has 1 fully saturated rings. The number of hydrogen-bond acceptors (Lipinski definition) is 3. The highest BCUT2D eigenvalue weighted by atomic mass is 16.5. The molecule has 2 aliphatic rings. The number of ether oxygens (including phenoxy) is 1. The van der Waals surface area contributed by atoms with Crippen LogP contribution in [0.1, 0.15) is 48.8 Å². The Morgan fingerprint density at radius 3 is 2.90 bits per heavy atom. The fourth-order valence-electron chi connectivity index (χ4n) is 3.19. The zero-order valence-electron chi connectivity index (χ0n) is 12.3. The molecule has 1 aromatic carbocycles. The van der Waals surface area contributed by atoms with E-state index in [1.165, 1.54) is 12.0 Å². The van der Waals surface area contributed by atoms with Crippen LogP contribution in [-0.4, -0.2) is 6.61 Å². The third-order valence-corrected chi connectivity index (χ3v) is 4.64. The van der Waals surface area contributed by atoms with E-state index in [4.69, 9.17) is 9.15 Å². The maximum atomic E-state index is 5.96. The van der Waals surface area contributed by atoms with Gasteiger partial charge in [-0.2, -0.15) is 0 Å². The summed E-state index contributed by atoms with van der Waals surface area (Å²) in [5.74, 6) is 4.65. The van der Waals surface area contributed by atoms with E-state index in [0.717, 1.165) is 42.8 Å². The Kier molecular flexibility index (Phi) is 3.23. The second kappa shape index (κ2) is 5.23. The summed E-state index contributed by atoms with van der Waals surface area (Å²) >= 11 is 0. The Labute approximate surface area is 125 Å². The smallest absolute Gasteiger partial charge is 0.124 e. The average molecular weight is 283 g/mol. The Balaban J connectivity index is 1.42. The van der Waals surface area contributed by atoms with Crippen LogP contribution in [0, 0.1) is 5.92 Å². The highest BCUT2D eigenvalue weighted by Crippen LogP contribution is 2.47. The van der Waals surface area contributed by atoms with Crippen LogP contribution in [0.3, 0.4) is 0 Å². The molecule has 1 aliphatic carbocycles. The predicted octanol–water partition coefficient (Wildman–Crippen LogP) is 4.02. The number of fused-ring (bicyclic) bond motifs is 1. The van der Waals surface area contributed by atoms with Crippen molar-refractivity contribution < 1.29 is 9.15 Å². The van der Waals surface area contributed by atoms with Gasteiger partial charge >= 0.3 is 0 Å². The summed E-state index contributed by atoms with van der Waals surface area (Å²) in [6.45, 7) is 3.84. The summed E-state index contributed by atoms with van der Waals surface area (Å²) in [5.41, 5.74) is 1.26. The lowest BCUT2D eigenvalue weighted by Crippen LogP contribution is -2.26. The molecule has 3 nitrogen and oxygen atoms in total. The second-order valence-corrected chi connectivity index (χ2v) is 6.23. The Bertz CT molecular complexity index is 634. The molecule has 0 unspecified atom stereocenters. The highest BCUT2D eigenvalue weighted by molar-refractivity contribution is 5.37. The van der Waals surface area contributed by atoms with E-state index < -0.39 is 0 Å². The second-order valence-electron chi connectivity index (χ2n) is 6.23. The Morgan fingerprint density at radius 1 is 1.19 bits per heavy atom. The van der Waals surface area contributed by atoms with E-state index in [1.807, 2.05) is 12.1 Å². The van der Waals surface area contributed by atoms with Crippen molar-refractivity contribution in [3.8, 4) is 5.75 Å². The molecule has 1 aliphatic heterocycles. The van der Waals surface area contributed by atoms with E-state index in [1.54, 1.807) is 0 Å². The molecule has 2 aromatic rings. The molecule has 0 spiro atoms. The minimum Gasteiger partial charge on any atom is -0.493 e. The van der Waals surface area contributed by atoms with Crippen LogP contribution in [0.2, 0.25) is 0 Å². The highest BCUT2D eigenvalue weighted by Gasteiger charge is 2.36. The third-order valence-electron chi connectivity index (χ3n) is 4.64. The standard InChI is InChI=1S/C18H21NO2/c1-12-10-15(12)18-7-6-13(21-18)11-19-16-8-9-20-17-5-3-2-4-14(16)17/h2-7,12,15-16,19H,8-11H2,1H3/t12-,15-,16+/m1/s1. The zero-order chi connectivity index (χ0) is 14.2. The quantitative estimate of drug-likeness (QED) is 0.920. The van der Waals surface area contributed by atoms with Crippen LogP contribution >= 0.6 is 0 Å². The average Bonchev–Trinajstić information content (AvgIpc) is 3.07. The molecule has 1 aromatic heterocycles. The lowest BCUT2D eigenvalue weighted by molar-refractivity contribution is 0.249. The summed E-state index contributed by atoms with van der Waals surface area (Å²) in [6, 6.07) is 12.9. The van der Waals surface area contributed by atoms with Crippen LogP contribution in [0.15, 0.2) is 40.8 Å². The van der Waals surface area contributed by atoms with Gasteiger partial charge in [0.15, 0.2) is 0 Å². The number of para-hydroxylation sites is 1. The van der Waals surface area contributed by atoms with Crippen molar-refractivity contribution in [2.24, 2.45) is 5.92 Å². The Morgan fingerprint density at radius 2 is 2.05 bits per heavy atom. The van der Waals surface area contributed by atoms with Gasteiger partial charge in [-0.3, -0.25) is 0 Å². The van der Waals surface area contributed by atoms with Gasteiger partial charge in [0, 0.05) is 23.9 Å². The molecule has 1 saturated carbocycles. The predicted molar refractivity (Wildman–Crippen MR) is 81.4 cm³/mol. The molecular weight excluding hydrogens is 262 g/mol. The maximum absolute atomic E-state index is 5.96. The van der Waals surface area contributed by atoms with Gasteiger partial charge in [-0.15, -0.1) is 0 Å². The molecule has 21 heavy (non-hydrogen) atoms. The van der Waals surface area contributed by atoms with Gasteiger partial charge in [-0.25, -0.2) is 0 Å².